The number of hydrogen-bond acceptors (Lipinski definition) is 2. The molecule has 0 atom stereocenters. The predicted octanol–water partition coefficient (Wildman–Crippen LogP) is 5.16. The van der Waals surface area contributed by atoms with Crippen molar-refractivity contribution in [3.05, 3.63) is 94.3 Å². The molecular formula is C25H14N2O. The van der Waals surface area contributed by atoms with Crippen LogP contribution in [0.25, 0.3) is 49.4 Å². The summed E-state index contributed by atoms with van der Waals surface area (Å²) in [5.41, 5.74) is 7.66. The van der Waals surface area contributed by atoms with E-state index in [0.717, 1.165) is 44.6 Å². The topological polar surface area (TPSA) is 34.4 Å². The third kappa shape index (κ3) is 1.61. The maximum absolute atomic E-state index is 13.4. The van der Waals surface area contributed by atoms with Crippen LogP contribution >= 0.6 is 0 Å². The number of fused-ring (bicyclic) bond motifs is 7. The van der Waals surface area contributed by atoms with E-state index in [9.17, 15) is 4.79 Å². The molecule has 0 fully saturated rings. The lowest BCUT2D eigenvalue weighted by molar-refractivity contribution is 1.18. The van der Waals surface area contributed by atoms with Gasteiger partial charge in [-0.1, -0.05) is 54.6 Å². The molecule has 0 spiro atoms. The van der Waals surface area contributed by atoms with Crippen LogP contribution in [0.1, 0.15) is 11.1 Å². The molecule has 0 saturated carbocycles. The molecule has 1 aliphatic carbocycles. The summed E-state index contributed by atoms with van der Waals surface area (Å²) in [5, 5.41) is 3.88. The Morgan fingerprint density at radius 1 is 0.786 bits per heavy atom. The number of hydrogen-bond donors (Lipinski definition) is 0. The Morgan fingerprint density at radius 3 is 2.50 bits per heavy atom. The van der Waals surface area contributed by atoms with Crippen LogP contribution < -0.4 is 5.56 Å². The fourth-order valence-corrected chi connectivity index (χ4v) is 4.92. The van der Waals surface area contributed by atoms with Gasteiger partial charge in [-0.05, 0) is 52.3 Å². The van der Waals surface area contributed by atoms with E-state index in [4.69, 9.17) is 4.98 Å². The molecule has 3 heteroatoms. The molecule has 2 aromatic heterocycles. The van der Waals surface area contributed by atoms with Crippen LogP contribution in [0.4, 0.5) is 0 Å². The first-order valence-corrected chi connectivity index (χ1v) is 9.50. The third-order valence-corrected chi connectivity index (χ3v) is 6.15. The Labute approximate surface area is 159 Å². The van der Waals surface area contributed by atoms with Crippen molar-refractivity contribution in [3.63, 3.8) is 0 Å². The molecule has 0 aliphatic heterocycles. The summed E-state index contributed by atoms with van der Waals surface area (Å²) in [6.07, 6.45) is 0.905. The number of benzene rings is 4. The van der Waals surface area contributed by atoms with Gasteiger partial charge in [0.15, 0.2) is 0 Å². The maximum Gasteiger partial charge on any atom is 0.264 e. The van der Waals surface area contributed by atoms with E-state index in [1.807, 2.05) is 18.2 Å². The summed E-state index contributed by atoms with van der Waals surface area (Å²) in [4.78, 5) is 18.3. The van der Waals surface area contributed by atoms with E-state index >= 15 is 0 Å². The highest BCUT2D eigenvalue weighted by Gasteiger charge is 2.22. The summed E-state index contributed by atoms with van der Waals surface area (Å²) < 4.78 is 1.80. The van der Waals surface area contributed by atoms with Crippen LogP contribution in [0.3, 0.4) is 0 Å². The lowest BCUT2D eigenvalue weighted by Crippen LogP contribution is -2.13. The van der Waals surface area contributed by atoms with Gasteiger partial charge in [-0.3, -0.25) is 9.20 Å². The zero-order valence-corrected chi connectivity index (χ0v) is 14.9. The molecule has 6 aromatic rings. The first-order valence-electron chi connectivity index (χ1n) is 9.50. The van der Waals surface area contributed by atoms with Crippen LogP contribution in [0.5, 0.6) is 0 Å². The van der Waals surface area contributed by atoms with Gasteiger partial charge >= 0.3 is 0 Å². The van der Waals surface area contributed by atoms with E-state index < -0.39 is 0 Å². The van der Waals surface area contributed by atoms with Gasteiger partial charge in [0.25, 0.3) is 5.56 Å². The highest BCUT2D eigenvalue weighted by molar-refractivity contribution is 6.15. The first-order chi connectivity index (χ1) is 13.8. The Morgan fingerprint density at radius 2 is 1.61 bits per heavy atom. The fraction of sp³-hybridized carbons (Fsp3) is 0.0400. The molecule has 7 rings (SSSR count). The molecule has 1 aliphatic rings. The molecular weight excluding hydrogens is 344 g/mol. The lowest BCUT2D eigenvalue weighted by Gasteiger charge is -2.06. The van der Waals surface area contributed by atoms with Crippen molar-refractivity contribution in [1.29, 1.82) is 0 Å². The van der Waals surface area contributed by atoms with Gasteiger partial charge in [-0.15, -0.1) is 0 Å². The van der Waals surface area contributed by atoms with Gasteiger partial charge in [0.05, 0.1) is 11.0 Å². The zero-order chi connectivity index (χ0) is 18.4. The summed E-state index contributed by atoms with van der Waals surface area (Å²) >= 11 is 0. The van der Waals surface area contributed by atoms with Crippen molar-refractivity contribution in [2.45, 2.75) is 6.42 Å². The SMILES string of the molecule is O=c1c2cccc3cccc(c32)c2nc3cc4c(cc3n12)Cc1ccccc1-4. The fourth-order valence-electron chi connectivity index (χ4n) is 4.92. The number of imidazole rings is 1. The van der Waals surface area contributed by atoms with Gasteiger partial charge in [0, 0.05) is 16.2 Å². The standard InChI is InChI=1S/C25H14N2O/c28-25-19-10-4-7-14-6-3-9-18(23(14)19)24-26-21-13-20-16(12-22(21)27(24)25)11-15-5-1-2-8-17(15)20/h1-10,12-13H,11H2. The van der Waals surface area contributed by atoms with E-state index in [1.54, 1.807) is 4.40 Å². The van der Waals surface area contributed by atoms with E-state index in [1.165, 1.54) is 22.3 Å². The second kappa shape index (κ2) is 4.76. The highest BCUT2D eigenvalue weighted by Crippen LogP contribution is 2.39. The van der Waals surface area contributed by atoms with Crippen LogP contribution in [0.15, 0.2) is 77.6 Å². The van der Waals surface area contributed by atoms with Gasteiger partial charge in [-0.25, -0.2) is 4.98 Å². The van der Waals surface area contributed by atoms with Gasteiger partial charge in [-0.2, -0.15) is 0 Å². The minimum absolute atomic E-state index is 0.0114. The minimum atomic E-state index is 0.0114. The molecule has 28 heavy (non-hydrogen) atoms. The summed E-state index contributed by atoms with van der Waals surface area (Å²) in [7, 11) is 0. The van der Waals surface area contributed by atoms with Crippen LogP contribution in [-0.4, -0.2) is 9.38 Å². The molecule has 0 saturated heterocycles. The average molecular weight is 358 g/mol. The lowest BCUT2D eigenvalue weighted by atomic mass is 10.0. The number of nitrogens with zero attached hydrogens (tertiary/aromatic N) is 2. The molecule has 0 bridgehead atoms. The van der Waals surface area contributed by atoms with Crippen LogP contribution in [-0.2, 0) is 6.42 Å². The first kappa shape index (κ1) is 14.4. The number of pyridine rings is 1. The van der Waals surface area contributed by atoms with Crippen molar-refractivity contribution in [1.82, 2.24) is 9.38 Å². The van der Waals surface area contributed by atoms with Gasteiger partial charge in [0.1, 0.15) is 5.65 Å². The molecule has 2 heterocycles. The minimum Gasteiger partial charge on any atom is -0.268 e. The smallest absolute Gasteiger partial charge is 0.264 e. The molecule has 0 amide bonds. The Hall–Kier alpha value is -3.72. The van der Waals surface area contributed by atoms with Crippen LogP contribution in [0.2, 0.25) is 0 Å². The highest BCUT2D eigenvalue weighted by atomic mass is 16.1. The van der Waals surface area contributed by atoms with Crippen molar-refractivity contribution in [3.8, 4) is 11.1 Å². The van der Waals surface area contributed by atoms with Gasteiger partial charge < -0.3 is 0 Å². The molecule has 4 aromatic carbocycles. The van der Waals surface area contributed by atoms with E-state index in [0.29, 0.717) is 0 Å². The van der Waals surface area contributed by atoms with Gasteiger partial charge in [0.2, 0.25) is 0 Å². The van der Waals surface area contributed by atoms with Crippen molar-refractivity contribution in [2.24, 2.45) is 0 Å². The number of rotatable bonds is 0. The zero-order valence-electron chi connectivity index (χ0n) is 14.9. The third-order valence-electron chi connectivity index (χ3n) is 6.15. The van der Waals surface area contributed by atoms with Crippen LogP contribution in [0, 0.1) is 0 Å². The monoisotopic (exact) mass is 358 g/mol. The summed E-state index contributed by atoms with van der Waals surface area (Å²) in [5.74, 6) is 0. The second-order valence-electron chi connectivity index (χ2n) is 7.62. The molecule has 3 nitrogen and oxygen atoms in total. The molecule has 0 radical (unpaired) electrons. The van der Waals surface area contributed by atoms with E-state index in [2.05, 4.69) is 54.6 Å². The summed E-state index contributed by atoms with van der Waals surface area (Å²) in [6, 6.07) is 24.9. The molecule has 0 N–H and O–H groups in total. The maximum atomic E-state index is 13.4. The predicted molar refractivity (Wildman–Crippen MR) is 113 cm³/mol. The Balaban J connectivity index is 1.70. The average Bonchev–Trinajstić information content (AvgIpc) is 3.28. The summed E-state index contributed by atoms with van der Waals surface area (Å²) in [6.45, 7) is 0. The van der Waals surface area contributed by atoms with Crippen molar-refractivity contribution < 1.29 is 0 Å². The number of aromatic nitrogens is 2. The quantitative estimate of drug-likeness (QED) is 0.375. The molecule has 130 valence electrons. The Bertz CT molecular complexity index is 1650. The second-order valence-corrected chi connectivity index (χ2v) is 7.62. The largest absolute Gasteiger partial charge is 0.268 e. The van der Waals surface area contributed by atoms with Crippen molar-refractivity contribution >= 4 is 38.2 Å². The molecule has 0 unspecified atom stereocenters. The Kier molecular flexibility index (Phi) is 2.44. The normalized spacial score (nSPS) is 13.0. The van der Waals surface area contributed by atoms with Crippen molar-refractivity contribution in [2.75, 3.05) is 0 Å². The van der Waals surface area contributed by atoms with E-state index in [-0.39, 0.29) is 5.56 Å².